The maximum atomic E-state index is 12.3. The topological polar surface area (TPSA) is 66.5 Å². The highest BCUT2D eigenvalue weighted by Gasteiger charge is 2.24. The van der Waals surface area contributed by atoms with Crippen molar-refractivity contribution in [2.75, 3.05) is 25.9 Å². The van der Waals surface area contributed by atoms with E-state index >= 15 is 0 Å². The van der Waals surface area contributed by atoms with Crippen LogP contribution in [0.2, 0.25) is 0 Å². The Morgan fingerprint density at radius 3 is 2.61 bits per heavy atom. The summed E-state index contributed by atoms with van der Waals surface area (Å²) in [7, 11) is -1.40. The van der Waals surface area contributed by atoms with Crippen LogP contribution >= 0.6 is 0 Å². The molecule has 1 aromatic carbocycles. The summed E-state index contributed by atoms with van der Waals surface area (Å²) in [6.45, 7) is 2.99. The predicted octanol–water partition coefficient (Wildman–Crippen LogP) is 1.76. The van der Waals surface area contributed by atoms with Crippen molar-refractivity contribution in [1.29, 1.82) is 0 Å². The number of likely N-dealkylation sites (tertiary alicyclic amines) is 1. The number of benzene rings is 1. The van der Waals surface area contributed by atoms with Crippen LogP contribution in [-0.4, -0.2) is 51.2 Å². The fraction of sp³-hybridized carbons (Fsp3) is 0.588. The highest BCUT2D eigenvalue weighted by molar-refractivity contribution is 7.91. The Morgan fingerprint density at radius 1 is 1.22 bits per heavy atom. The Kier molecular flexibility index (Phi) is 6.18. The van der Waals surface area contributed by atoms with Gasteiger partial charge in [0, 0.05) is 6.54 Å². The first-order chi connectivity index (χ1) is 10.9. The summed E-state index contributed by atoms with van der Waals surface area (Å²) in [6, 6.07) is 6.66. The summed E-state index contributed by atoms with van der Waals surface area (Å²) >= 11 is 0. The van der Waals surface area contributed by atoms with Crippen LogP contribution in [-0.2, 0) is 14.6 Å². The van der Waals surface area contributed by atoms with Crippen molar-refractivity contribution in [2.45, 2.75) is 43.5 Å². The molecule has 1 aliphatic rings. The van der Waals surface area contributed by atoms with Gasteiger partial charge >= 0.3 is 0 Å². The number of aryl methyl sites for hydroxylation is 1. The van der Waals surface area contributed by atoms with Gasteiger partial charge in [-0.15, -0.1) is 0 Å². The van der Waals surface area contributed by atoms with E-state index in [1.54, 1.807) is 24.3 Å². The first-order valence-corrected chi connectivity index (χ1v) is 9.83. The van der Waals surface area contributed by atoms with Gasteiger partial charge in [0.05, 0.1) is 16.7 Å². The first-order valence-electron chi connectivity index (χ1n) is 8.17. The van der Waals surface area contributed by atoms with Gasteiger partial charge in [0.15, 0.2) is 9.84 Å². The third-order valence-electron chi connectivity index (χ3n) is 4.37. The van der Waals surface area contributed by atoms with E-state index in [4.69, 9.17) is 0 Å². The van der Waals surface area contributed by atoms with Crippen molar-refractivity contribution >= 4 is 15.7 Å². The average molecular weight is 338 g/mol. The number of nitrogens with zero attached hydrogens (tertiary/aromatic N) is 1. The second-order valence-electron chi connectivity index (χ2n) is 6.27. The smallest absolute Gasteiger partial charge is 0.237 e. The molecule has 0 spiro atoms. The molecule has 0 bridgehead atoms. The molecule has 1 heterocycles. The molecule has 6 heteroatoms. The molecule has 1 atom stereocenters. The number of rotatable bonds is 5. The fourth-order valence-electron chi connectivity index (χ4n) is 2.87. The monoisotopic (exact) mass is 338 g/mol. The molecule has 1 amide bonds. The first kappa shape index (κ1) is 17.9. The molecular weight excluding hydrogens is 312 g/mol. The summed E-state index contributed by atoms with van der Waals surface area (Å²) in [4.78, 5) is 14.7. The van der Waals surface area contributed by atoms with Gasteiger partial charge in [-0.25, -0.2) is 8.42 Å². The van der Waals surface area contributed by atoms with Crippen LogP contribution in [0.15, 0.2) is 29.2 Å². The lowest BCUT2D eigenvalue weighted by molar-refractivity contribution is -0.125. The maximum absolute atomic E-state index is 12.3. The van der Waals surface area contributed by atoms with E-state index in [0.29, 0.717) is 4.90 Å². The van der Waals surface area contributed by atoms with E-state index in [-0.39, 0.29) is 24.2 Å². The van der Waals surface area contributed by atoms with Gasteiger partial charge in [0.2, 0.25) is 5.91 Å². The highest BCUT2D eigenvalue weighted by atomic mass is 32.2. The molecule has 0 aliphatic carbocycles. The Labute approximate surface area is 139 Å². The zero-order chi connectivity index (χ0) is 16.9. The van der Waals surface area contributed by atoms with Crippen molar-refractivity contribution in [3.8, 4) is 0 Å². The molecule has 1 aromatic rings. The number of sulfone groups is 1. The van der Waals surface area contributed by atoms with E-state index < -0.39 is 9.84 Å². The molecule has 1 saturated heterocycles. The summed E-state index contributed by atoms with van der Waals surface area (Å²) in [5.74, 6) is -0.133. The van der Waals surface area contributed by atoms with E-state index in [2.05, 4.69) is 10.2 Å². The van der Waals surface area contributed by atoms with Crippen molar-refractivity contribution in [2.24, 2.45) is 0 Å². The van der Waals surface area contributed by atoms with Gasteiger partial charge in [-0.1, -0.05) is 30.5 Å². The van der Waals surface area contributed by atoms with Crippen LogP contribution in [0.5, 0.6) is 0 Å². The molecule has 0 saturated carbocycles. The highest BCUT2D eigenvalue weighted by Crippen LogP contribution is 2.15. The van der Waals surface area contributed by atoms with E-state index in [0.717, 1.165) is 37.8 Å². The lowest BCUT2D eigenvalue weighted by Crippen LogP contribution is -2.45. The summed E-state index contributed by atoms with van der Waals surface area (Å²) in [5, 5.41) is 2.79. The number of hydrogen-bond acceptors (Lipinski definition) is 4. The van der Waals surface area contributed by atoms with Crippen LogP contribution in [0.1, 0.15) is 31.2 Å². The van der Waals surface area contributed by atoms with E-state index in [9.17, 15) is 13.2 Å². The molecule has 1 N–H and O–H groups in total. The fourth-order valence-corrected chi connectivity index (χ4v) is 4.03. The number of hydrogen-bond donors (Lipinski definition) is 1. The van der Waals surface area contributed by atoms with Gasteiger partial charge in [0.25, 0.3) is 0 Å². The van der Waals surface area contributed by atoms with Gasteiger partial charge in [-0.2, -0.15) is 0 Å². The molecule has 128 valence electrons. The normalized spacial score (nSPS) is 20.0. The van der Waals surface area contributed by atoms with Crippen molar-refractivity contribution in [1.82, 2.24) is 10.2 Å². The number of carbonyl (C=O) groups is 1. The minimum atomic E-state index is -3.35. The summed E-state index contributed by atoms with van der Waals surface area (Å²) < 4.78 is 24.5. The molecular formula is C17H26N2O3S. The molecule has 5 nitrogen and oxygen atoms in total. The molecule has 23 heavy (non-hydrogen) atoms. The van der Waals surface area contributed by atoms with E-state index in [1.165, 1.54) is 0 Å². The Morgan fingerprint density at radius 2 is 1.91 bits per heavy atom. The number of carbonyl (C=O) groups excluding carboxylic acids is 1. The molecule has 0 radical (unpaired) electrons. The van der Waals surface area contributed by atoms with Crippen LogP contribution in [0, 0.1) is 6.92 Å². The molecule has 1 fully saturated rings. The molecule has 1 unspecified atom stereocenters. The maximum Gasteiger partial charge on any atom is 0.237 e. The van der Waals surface area contributed by atoms with Gasteiger partial charge in [0.1, 0.15) is 0 Å². The minimum Gasteiger partial charge on any atom is -0.354 e. The van der Waals surface area contributed by atoms with E-state index in [1.807, 2.05) is 14.0 Å². The Bertz CT molecular complexity index is 626. The van der Waals surface area contributed by atoms with Crippen molar-refractivity contribution in [3.05, 3.63) is 29.8 Å². The number of nitrogens with one attached hydrogen (secondary N) is 1. The summed E-state index contributed by atoms with van der Waals surface area (Å²) in [5.41, 5.74) is 1.02. The third-order valence-corrected chi connectivity index (χ3v) is 6.11. The molecule has 0 aromatic heterocycles. The zero-order valence-corrected chi connectivity index (χ0v) is 14.7. The molecule has 2 rings (SSSR count). The van der Waals surface area contributed by atoms with Crippen molar-refractivity contribution < 1.29 is 13.2 Å². The number of likely N-dealkylation sites (N-methyl/N-ethyl adjacent to an activating group) is 1. The minimum absolute atomic E-state index is 0.0616. The van der Waals surface area contributed by atoms with Gasteiger partial charge in [-0.05, 0) is 45.5 Å². The van der Waals surface area contributed by atoms with Crippen LogP contribution in [0.4, 0.5) is 0 Å². The SMILES string of the molecule is Cc1ccc(S(=O)(=O)CCNC(=O)C2CCCCCN2C)cc1. The second-order valence-corrected chi connectivity index (χ2v) is 8.38. The third kappa shape index (κ3) is 5.04. The summed E-state index contributed by atoms with van der Waals surface area (Å²) in [6.07, 6.45) is 4.15. The Hall–Kier alpha value is -1.40. The zero-order valence-electron chi connectivity index (χ0n) is 13.9. The lowest BCUT2D eigenvalue weighted by Gasteiger charge is -2.24. The van der Waals surface area contributed by atoms with Gasteiger partial charge in [-0.3, -0.25) is 9.69 Å². The Balaban J connectivity index is 1.88. The molecule has 1 aliphatic heterocycles. The lowest BCUT2D eigenvalue weighted by atomic mass is 10.1. The largest absolute Gasteiger partial charge is 0.354 e. The average Bonchev–Trinajstić information content (AvgIpc) is 2.72. The number of amides is 1. The van der Waals surface area contributed by atoms with Crippen molar-refractivity contribution in [3.63, 3.8) is 0 Å². The van der Waals surface area contributed by atoms with Crippen LogP contribution in [0.3, 0.4) is 0 Å². The second kappa shape index (κ2) is 7.93. The standard InChI is InChI=1S/C17H26N2O3S/c1-14-7-9-15(10-8-14)23(21,22)13-11-18-17(20)16-6-4-3-5-12-19(16)2/h7-10,16H,3-6,11-13H2,1-2H3,(H,18,20). The quantitative estimate of drug-likeness (QED) is 0.888. The van der Waals surface area contributed by atoms with Crippen LogP contribution in [0.25, 0.3) is 0 Å². The van der Waals surface area contributed by atoms with Gasteiger partial charge < -0.3 is 5.32 Å². The van der Waals surface area contributed by atoms with Crippen LogP contribution < -0.4 is 5.32 Å². The predicted molar refractivity (Wildman–Crippen MR) is 91.1 cm³/mol.